The predicted molar refractivity (Wildman–Crippen MR) is 131 cm³/mol. The van der Waals surface area contributed by atoms with Gasteiger partial charge in [-0.25, -0.2) is 13.8 Å². The van der Waals surface area contributed by atoms with Crippen molar-refractivity contribution in [2.45, 2.75) is 25.8 Å². The molecular formula is C25H27F2N7O. The number of imidazole rings is 1. The summed E-state index contributed by atoms with van der Waals surface area (Å²) >= 11 is 0. The first kappa shape index (κ1) is 23.1. The zero-order valence-corrected chi connectivity index (χ0v) is 19.3. The maximum absolute atomic E-state index is 14.8. The molecule has 0 unspecified atom stereocenters. The van der Waals surface area contributed by atoms with E-state index >= 15 is 0 Å². The van der Waals surface area contributed by atoms with Crippen LogP contribution in [0.25, 0.3) is 16.8 Å². The van der Waals surface area contributed by atoms with Gasteiger partial charge in [-0.05, 0) is 54.7 Å². The van der Waals surface area contributed by atoms with Crippen LogP contribution in [-0.4, -0.2) is 50.4 Å². The quantitative estimate of drug-likeness (QED) is 0.389. The summed E-state index contributed by atoms with van der Waals surface area (Å²) in [6.45, 7) is 3.61. The molecular weight excluding hydrogens is 452 g/mol. The van der Waals surface area contributed by atoms with Crippen LogP contribution in [0, 0.1) is 17.6 Å². The molecule has 1 aliphatic rings. The fourth-order valence-corrected chi connectivity index (χ4v) is 4.72. The minimum absolute atomic E-state index is 0.0878. The van der Waals surface area contributed by atoms with Crippen LogP contribution in [-0.2, 0) is 6.42 Å². The molecule has 182 valence electrons. The van der Waals surface area contributed by atoms with Crippen molar-refractivity contribution < 1.29 is 13.9 Å². The van der Waals surface area contributed by atoms with Gasteiger partial charge in [0.05, 0.1) is 40.5 Å². The topological polar surface area (TPSA) is 105 Å². The lowest BCUT2D eigenvalue weighted by Gasteiger charge is -2.37. The second-order valence-corrected chi connectivity index (χ2v) is 9.07. The molecule has 3 aromatic heterocycles. The Morgan fingerprint density at radius 2 is 1.94 bits per heavy atom. The molecule has 35 heavy (non-hydrogen) atoms. The smallest absolute Gasteiger partial charge is 0.229 e. The molecule has 1 fully saturated rings. The van der Waals surface area contributed by atoms with Crippen LogP contribution in [0.2, 0.25) is 0 Å². The van der Waals surface area contributed by atoms with Crippen LogP contribution in [0.15, 0.2) is 48.9 Å². The summed E-state index contributed by atoms with van der Waals surface area (Å²) in [5, 5.41) is 16.8. The summed E-state index contributed by atoms with van der Waals surface area (Å²) in [5.74, 6) is -0.618. The van der Waals surface area contributed by atoms with Crippen LogP contribution in [0.4, 0.5) is 26.1 Å². The summed E-state index contributed by atoms with van der Waals surface area (Å²) < 4.78 is 31.1. The molecule has 1 aliphatic heterocycles. The fourth-order valence-electron chi connectivity index (χ4n) is 4.72. The Morgan fingerprint density at radius 1 is 1.14 bits per heavy atom. The van der Waals surface area contributed by atoms with E-state index in [1.54, 1.807) is 30.7 Å². The van der Waals surface area contributed by atoms with E-state index in [0.29, 0.717) is 22.9 Å². The van der Waals surface area contributed by atoms with E-state index in [-0.39, 0.29) is 30.3 Å². The average molecular weight is 480 g/mol. The predicted octanol–water partition coefficient (Wildman–Crippen LogP) is 3.52. The molecule has 0 aliphatic carbocycles. The lowest BCUT2D eigenvalue weighted by molar-refractivity contribution is 0.299. The summed E-state index contributed by atoms with van der Waals surface area (Å²) in [7, 11) is 0. The average Bonchev–Trinajstić information content (AvgIpc) is 3.21. The van der Waals surface area contributed by atoms with E-state index in [1.165, 1.54) is 16.6 Å². The molecule has 0 bridgehead atoms. The number of nitrogens with one attached hydrogen (secondary N) is 1. The Bertz CT molecular complexity index is 1330. The number of piperidine rings is 1. The molecule has 5 rings (SSSR count). The zero-order valence-electron chi connectivity index (χ0n) is 19.3. The van der Waals surface area contributed by atoms with Crippen molar-refractivity contribution in [2.24, 2.45) is 11.7 Å². The summed E-state index contributed by atoms with van der Waals surface area (Å²) in [6, 6.07) is 7.72. The van der Waals surface area contributed by atoms with E-state index in [1.807, 2.05) is 6.07 Å². The number of anilines is 3. The number of halogens is 2. The van der Waals surface area contributed by atoms with Crippen molar-refractivity contribution in [3.05, 3.63) is 66.1 Å². The highest BCUT2D eigenvalue weighted by molar-refractivity contribution is 5.74. The number of pyridine rings is 1. The number of benzene rings is 1. The van der Waals surface area contributed by atoms with Crippen LogP contribution in [0.3, 0.4) is 0 Å². The van der Waals surface area contributed by atoms with Gasteiger partial charge in [0.15, 0.2) is 0 Å². The minimum atomic E-state index is -0.736. The number of rotatable bonds is 6. The van der Waals surface area contributed by atoms with E-state index in [4.69, 9.17) is 10.8 Å². The molecule has 4 heterocycles. The minimum Gasteiger partial charge on any atom is -0.396 e. The van der Waals surface area contributed by atoms with Gasteiger partial charge in [0.1, 0.15) is 11.6 Å². The lowest BCUT2D eigenvalue weighted by Crippen LogP contribution is -2.46. The summed E-state index contributed by atoms with van der Waals surface area (Å²) in [5.41, 5.74) is 8.89. The molecule has 4 N–H and O–H groups in total. The molecule has 0 spiro atoms. The number of aliphatic hydroxyl groups excluding tert-OH is 1. The van der Waals surface area contributed by atoms with Gasteiger partial charge in [0.2, 0.25) is 5.95 Å². The van der Waals surface area contributed by atoms with Gasteiger partial charge < -0.3 is 21.1 Å². The third-order valence-corrected chi connectivity index (χ3v) is 6.22. The molecule has 0 amide bonds. The van der Waals surface area contributed by atoms with E-state index in [9.17, 15) is 8.78 Å². The second kappa shape index (κ2) is 9.55. The maximum atomic E-state index is 14.8. The van der Waals surface area contributed by atoms with Crippen LogP contribution >= 0.6 is 0 Å². The van der Waals surface area contributed by atoms with Gasteiger partial charge >= 0.3 is 0 Å². The van der Waals surface area contributed by atoms with Crippen LogP contribution in [0.1, 0.15) is 18.9 Å². The Balaban J connectivity index is 1.50. The van der Waals surface area contributed by atoms with Crippen molar-refractivity contribution in [1.29, 1.82) is 0 Å². The molecule has 0 radical (unpaired) electrons. The third kappa shape index (κ3) is 4.67. The van der Waals surface area contributed by atoms with Crippen LogP contribution < -0.4 is 16.0 Å². The van der Waals surface area contributed by atoms with Gasteiger partial charge in [0, 0.05) is 31.9 Å². The highest BCUT2D eigenvalue weighted by Gasteiger charge is 2.24. The Hall–Kier alpha value is -3.63. The van der Waals surface area contributed by atoms with E-state index in [0.717, 1.165) is 30.9 Å². The lowest BCUT2D eigenvalue weighted by atomic mass is 9.96. The van der Waals surface area contributed by atoms with Crippen molar-refractivity contribution in [2.75, 3.05) is 29.9 Å². The van der Waals surface area contributed by atoms with Gasteiger partial charge in [-0.15, -0.1) is 0 Å². The molecule has 1 saturated heterocycles. The van der Waals surface area contributed by atoms with Crippen molar-refractivity contribution in [1.82, 2.24) is 19.6 Å². The number of hydrogen-bond acceptors (Lipinski definition) is 7. The van der Waals surface area contributed by atoms with Gasteiger partial charge in [-0.3, -0.25) is 4.98 Å². The molecule has 2 atom stereocenters. The van der Waals surface area contributed by atoms with Crippen molar-refractivity contribution >= 4 is 22.8 Å². The standard InChI is InChI=1S/C25H27F2N7O/c1-15-8-17(28)14-33(13-15)23-4-6-29-12-22(23)31-25-30-11-18-2-3-21(32-34(18)25)24-19(26)9-16(5-7-35)10-20(24)27/h2-4,6,9-12,15,17,35H,5,7-8,13-14,28H2,1H3,(H,30,31)/t15-,17+/m1/s1. The monoisotopic (exact) mass is 479 g/mol. The highest BCUT2D eigenvalue weighted by Crippen LogP contribution is 2.32. The Kier molecular flexibility index (Phi) is 6.31. The highest BCUT2D eigenvalue weighted by atomic mass is 19.1. The van der Waals surface area contributed by atoms with Crippen molar-refractivity contribution in [3.63, 3.8) is 0 Å². The molecule has 8 nitrogen and oxygen atoms in total. The normalized spacial score (nSPS) is 18.3. The number of hydrogen-bond donors (Lipinski definition) is 3. The van der Waals surface area contributed by atoms with Crippen molar-refractivity contribution in [3.8, 4) is 11.3 Å². The largest absolute Gasteiger partial charge is 0.396 e. The van der Waals surface area contributed by atoms with E-state index in [2.05, 4.69) is 32.2 Å². The molecule has 4 aromatic rings. The number of aliphatic hydroxyl groups is 1. The third-order valence-electron chi connectivity index (χ3n) is 6.22. The van der Waals surface area contributed by atoms with E-state index < -0.39 is 11.6 Å². The summed E-state index contributed by atoms with van der Waals surface area (Å²) in [6.07, 6.45) is 6.23. The Labute approximate surface area is 201 Å². The zero-order chi connectivity index (χ0) is 24.5. The number of nitrogens with two attached hydrogens (primary N) is 1. The van der Waals surface area contributed by atoms with Gasteiger partial charge in [-0.1, -0.05) is 6.92 Å². The molecule has 1 aromatic carbocycles. The number of fused-ring (bicyclic) bond motifs is 1. The second-order valence-electron chi connectivity index (χ2n) is 9.07. The first-order chi connectivity index (χ1) is 16.9. The number of aromatic nitrogens is 4. The first-order valence-corrected chi connectivity index (χ1v) is 11.6. The maximum Gasteiger partial charge on any atom is 0.229 e. The fraction of sp³-hybridized carbons (Fsp3) is 0.320. The van der Waals surface area contributed by atoms with Gasteiger partial charge in [0.25, 0.3) is 0 Å². The van der Waals surface area contributed by atoms with Gasteiger partial charge in [-0.2, -0.15) is 9.61 Å². The molecule has 10 heteroatoms. The number of nitrogens with zero attached hydrogens (tertiary/aromatic N) is 5. The molecule has 0 saturated carbocycles. The SMILES string of the molecule is C[C@@H]1C[C@H](N)CN(c2ccncc2Nc2ncc3ccc(-c4c(F)cc(CCO)cc4F)nn23)C1. The van der Waals surface area contributed by atoms with Crippen LogP contribution in [0.5, 0.6) is 0 Å². The summed E-state index contributed by atoms with van der Waals surface area (Å²) in [4.78, 5) is 10.9. The Morgan fingerprint density at radius 3 is 2.69 bits per heavy atom. The first-order valence-electron chi connectivity index (χ1n) is 11.6.